The van der Waals surface area contributed by atoms with Gasteiger partial charge in [0.15, 0.2) is 0 Å². The molecule has 2 aromatic carbocycles. The molecule has 9 heteroatoms. The van der Waals surface area contributed by atoms with E-state index in [0.717, 1.165) is 29.5 Å². The zero-order valence-corrected chi connectivity index (χ0v) is 19.1. The van der Waals surface area contributed by atoms with Crippen LogP contribution in [0.15, 0.2) is 36.4 Å². The quantitative estimate of drug-likeness (QED) is 0.516. The van der Waals surface area contributed by atoms with E-state index >= 15 is 0 Å². The van der Waals surface area contributed by atoms with Gasteiger partial charge in [-0.15, -0.1) is 0 Å². The molecule has 2 aliphatic heterocycles. The van der Waals surface area contributed by atoms with Gasteiger partial charge in [0.2, 0.25) is 5.91 Å². The van der Waals surface area contributed by atoms with Crippen LogP contribution in [0.3, 0.4) is 0 Å². The molecule has 0 bridgehead atoms. The number of rotatable bonds is 9. The predicted octanol–water partition coefficient (Wildman–Crippen LogP) is 2.65. The molecule has 1 fully saturated rings. The van der Waals surface area contributed by atoms with E-state index in [2.05, 4.69) is 10.6 Å². The molecule has 0 saturated carbocycles. The molecular weight excluding hydrogens is 446 g/mol. The highest BCUT2D eigenvalue weighted by Gasteiger charge is 2.27. The van der Waals surface area contributed by atoms with Crippen LogP contribution in [0.25, 0.3) is 0 Å². The summed E-state index contributed by atoms with van der Waals surface area (Å²) in [7, 11) is 0. The summed E-state index contributed by atoms with van der Waals surface area (Å²) in [4.78, 5) is 11.7. The molecule has 1 amide bonds. The fourth-order valence-electron chi connectivity index (χ4n) is 4.39. The number of carbonyl (C=O) groups excluding carboxylic acids is 1. The third kappa shape index (κ3) is 6.43. The van der Waals surface area contributed by atoms with Crippen LogP contribution in [0.5, 0.6) is 11.5 Å². The molecule has 184 valence electrons. The monoisotopic (exact) mass is 476 g/mol. The molecule has 4 atom stereocenters. The van der Waals surface area contributed by atoms with E-state index in [1.807, 2.05) is 18.2 Å². The van der Waals surface area contributed by atoms with Crippen molar-refractivity contribution >= 4 is 5.91 Å². The molecule has 2 aromatic rings. The van der Waals surface area contributed by atoms with Crippen LogP contribution in [0.2, 0.25) is 0 Å². The van der Waals surface area contributed by atoms with Crippen LogP contribution in [0.1, 0.15) is 36.9 Å². The van der Waals surface area contributed by atoms with Crippen molar-refractivity contribution in [1.29, 1.82) is 0 Å². The lowest BCUT2D eigenvalue weighted by molar-refractivity contribution is -0.120. The second-order valence-electron chi connectivity index (χ2n) is 8.76. The standard InChI is InChI=1S/C25H30F2N2O5/c1-15(30)29-23(10-16-8-17(26)11-18(27)9-16)24(31)13-28-22-5-7-33-25-3-2-19(12-21(22)25)34-20-4-6-32-14-20/h2-3,8-9,11-12,20,22-24,28,31H,4-7,10,13-14H2,1H3,(H,29,30)/t20?,22-,23-,24+/m0/s1. The zero-order chi connectivity index (χ0) is 24.1. The normalized spacial score (nSPS) is 21.3. The maximum absolute atomic E-state index is 13.6. The van der Waals surface area contributed by atoms with Crippen LogP contribution in [0.4, 0.5) is 8.78 Å². The number of aliphatic hydroxyl groups excluding tert-OH is 1. The van der Waals surface area contributed by atoms with E-state index in [4.69, 9.17) is 14.2 Å². The van der Waals surface area contributed by atoms with Crippen molar-refractivity contribution < 1.29 is 32.9 Å². The second-order valence-corrected chi connectivity index (χ2v) is 8.76. The van der Waals surface area contributed by atoms with Gasteiger partial charge in [0.1, 0.15) is 29.2 Å². The van der Waals surface area contributed by atoms with Crippen molar-refractivity contribution in [3.63, 3.8) is 0 Å². The second kappa shape index (κ2) is 11.1. The Kier molecular flexibility index (Phi) is 7.97. The molecule has 0 radical (unpaired) electrons. The molecule has 34 heavy (non-hydrogen) atoms. The van der Waals surface area contributed by atoms with E-state index in [9.17, 15) is 18.7 Å². The van der Waals surface area contributed by atoms with Gasteiger partial charge in [-0.1, -0.05) is 0 Å². The number of hydrogen-bond donors (Lipinski definition) is 3. The van der Waals surface area contributed by atoms with Gasteiger partial charge in [-0.3, -0.25) is 4.79 Å². The Morgan fingerprint density at radius 2 is 1.97 bits per heavy atom. The van der Waals surface area contributed by atoms with E-state index in [-0.39, 0.29) is 31.0 Å². The van der Waals surface area contributed by atoms with Crippen molar-refractivity contribution in [2.75, 3.05) is 26.4 Å². The zero-order valence-electron chi connectivity index (χ0n) is 19.1. The van der Waals surface area contributed by atoms with Gasteiger partial charge < -0.3 is 30.0 Å². The minimum absolute atomic E-state index is 0.0295. The van der Waals surface area contributed by atoms with Crippen LogP contribution >= 0.6 is 0 Å². The maximum atomic E-state index is 13.6. The van der Waals surface area contributed by atoms with Gasteiger partial charge >= 0.3 is 0 Å². The first kappa shape index (κ1) is 24.4. The van der Waals surface area contributed by atoms with Crippen molar-refractivity contribution in [3.05, 3.63) is 59.2 Å². The first-order valence-electron chi connectivity index (χ1n) is 11.5. The summed E-state index contributed by atoms with van der Waals surface area (Å²) < 4.78 is 44.4. The average molecular weight is 477 g/mol. The summed E-state index contributed by atoms with van der Waals surface area (Å²) in [5, 5.41) is 16.9. The summed E-state index contributed by atoms with van der Waals surface area (Å²) in [6.07, 6.45) is 0.665. The third-order valence-electron chi connectivity index (χ3n) is 6.02. The Morgan fingerprint density at radius 3 is 2.68 bits per heavy atom. The first-order chi connectivity index (χ1) is 16.4. The Morgan fingerprint density at radius 1 is 1.18 bits per heavy atom. The molecule has 2 heterocycles. The van der Waals surface area contributed by atoms with Gasteiger partial charge in [-0.2, -0.15) is 0 Å². The number of fused-ring (bicyclic) bond motifs is 1. The lowest BCUT2D eigenvalue weighted by Gasteiger charge is -2.30. The number of nitrogens with one attached hydrogen (secondary N) is 2. The fraction of sp³-hybridized carbons (Fsp3) is 0.480. The Labute approximate surface area is 197 Å². The van der Waals surface area contributed by atoms with Crippen LogP contribution < -0.4 is 20.1 Å². The van der Waals surface area contributed by atoms with Gasteiger partial charge in [-0.25, -0.2) is 8.78 Å². The summed E-state index contributed by atoms with van der Waals surface area (Å²) in [6.45, 7) is 3.29. The largest absolute Gasteiger partial charge is 0.493 e. The van der Waals surface area contributed by atoms with Crippen molar-refractivity contribution in [3.8, 4) is 11.5 Å². The molecule has 2 aliphatic rings. The van der Waals surface area contributed by atoms with E-state index < -0.39 is 23.8 Å². The van der Waals surface area contributed by atoms with E-state index in [0.29, 0.717) is 31.8 Å². The number of ether oxygens (including phenoxy) is 3. The van der Waals surface area contributed by atoms with Gasteiger partial charge in [0.25, 0.3) is 0 Å². The highest BCUT2D eigenvalue weighted by Crippen LogP contribution is 2.35. The highest BCUT2D eigenvalue weighted by molar-refractivity contribution is 5.73. The molecule has 4 rings (SSSR count). The number of hydrogen-bond acceptors (Lipinski definition) is 6. The maximum Gasteiger partial charge on any atom is 0.217 e. The number of amides is 1. The summed E-state index contributed by atoms with van der Waals surface area (Å²) >= 11 is 0. The average Bonchev–Trinajstić information content (AvgIpc) is 3.29. The summed E-state index contributed by atoms with van der Waals surface area (Å²) in [5.41, 5.74) is 1.28. The fourth-order valence-corrected chi connectivity index (χ4v) is 4.39. The van der Waals surface area contributed by atoms with Crippen molar-refractivity contribution in [1.82, 2.24) is 10.6 Å². The smallest absolute Gasteiger partial charge is 0.217 e. The Bertz CT molecular complexity index is 979. The minimum atomic E-state index is -0.989. The molecular formula is C25H30F2N2O5. The van der Waals surface area contributed by atoms with Crippen LogP contribution in [-0.2, 0) is 16.0 Å². The lowest BCUT2D eigenvalue weighted by Crippen LogP contribution is -2.48. The molecule has 7 nitrogen and oxygen atoms in total. The number of benzene rings is 2. The molecule has 0 aliphatic carbocycles. The van der Waals surface area contributed by atoms with Gasteiger partial charge in [0.05, 0.1) is 32.0 Å². The summed E-state index contributed by atoms with van der Waals surface area (Å²) in [6, 6.07) is 8.07. The SMILES string of the molecule is CC(=O)N[C@@H](Cc1cc(F)cc(F)c1)[C@H](O)CN[C@H]1CCOc2ccc(OC3CCOC3)cc21. The van der Waals surface area contributed by atoms with Gasteiger partial charge in [0, 0.05) is 44.0 Å². The van der Waals surface area contributed by atoms with E-state index in [1.165, 1.54) is 19.1 Å². The van der Waals surface area contributed by atoms with Crippen molar-refractivity contribution in [2.45, 2.75) is 50.5 Å². The molecule has 3 N–H and O–H groups in total. The van der Waals surface area contributed by atoms with Gasteiger partial charge in [-0.05, 0) is 42.3 Å². The predicted molar refractivity (Wildman–Crippen MR) is 121 cm³/mol. The van der Waals surface area contributed by atoms with E-state index in [1.54, 1.807) is 0 Å². The number of halogens is 2. The third-order valence-corrected chi connectivity index (χ3v) is 6.02. The Hall–Kier alpha value is -2.75. The number of aliphatic hydroxyl groups is 1. The molecule has 1 saturated heterocycles. The summed E-state index contributed by atoms with van der Waals surface area (Å²) in [5.74, 6) is -0.260. The highest BCUT2D eigenvalue weighted by atomic mass is 19.1. The number of carbonyl (C=O) groups is 1. The topological polar surface area (TPSA) is 89.1 Å². The van der Waals surface area contributed by atoms with Crippen LogP contribution in [0, 0.1) is 11.6 Å². The van der Waals surface area contributed by atoms with Crippen LogP contribution in [-0.4, -0.2) is 55.6 Å². The molecule has 0 aromatic heterocycles. The Balaban J connectivity index is 1.42. The minimum Gasteiger partial charge on any atom is -0.493 e. The molecule has 1 unspecified atom stereocenters. The molecule has 0 spiro atoms. The first-order valence-corrected chi connectivity index (χ1v) is 11.5. The lowest BCUT2D eigenvalue weighted by atomic mass is 9.98. The van der Waals surface area contributed by atoms with Crippen molar-refractivity contribution in [2.24, 2.45) is 0 Å².